The first-order valence-electron chi connectivity index (χ1n) is 5.33. The van der Waals surface area contributed by atoms with E-state index in [9.17, 15) is 28.1 Å². The summed E-state index contributed by atoms with van der Waals surface area (Å²) in [5.41, 5.74) is -3.48. The van der Waals surface area contributed by atoms with Crippen molar-refractivity contribution in [3.8, 4) is 0 Å². The molecule has 0 saturated carbocycles. The highest BCUT2D eigenvalue weighted by Crippen LogP contribution is 2.33. The number of nitrogens with zero attached hydrogens (tertiary/aromatic N) is 3. The lowest BCUT2D eigenvalue weighted by Crippen LogP contribution is -2.06. The Morgan fingerprint density at radius 3 is 2.24 bits per heavy atom. The number of non-ortho nitro benzene ring substituents is 1. The minimum Gasteiger partial charge on any atom is -0.292 e. The first kappa shape index (κ1) is 14.4. The van der Waals surface area contributed by atoms with E-state index in [4.69, 9.17) is 0 Å². The number of halogens is 3. The van der Waals surface area contributed by atoms with Crippen molar-refractivity contribution in [3.05, 3.63) is 50.4 Å². The molecular formula is C10H6F3N5O3. The van der Waals surface area contributed by atoms with Gasteiger partial charge in [0, 0.05) is 12.1 Å². The van der Waals surface area contributed by atoms with Crippen molar-refractivity contribution in [3.63, 3.8) is 0 Å². The summed E-state index contributed by atoms with van der Waals surface area (Å²) in [5, 5.41) is 20.5. The second-order valence-corrected chi connectivity index (χ2v) is 3.77. The lowest BCUT2D eigenvalue weighted by molar-refractivity contribution is -0.384. The molecule has 0 bridgehead atoms. The quantitative estimate of drug-likeness (QED) is 0.515. The zero-order valence-corrected chi connectivity index (χ0v) is 10.0. The number of hydrogen-bond acceptors (Lipinski definition) is 5. The van der Waals surface area contributed by atoms with Crippen LogP contribution in [0, 0.1) is 10.1 Å². The number of aromatic nitrogens is 2. The maximum Gasteiger partial charge on any atom is 0.435 e. The molecule has 0 unspecified atom stereocenters. The summed E-state index contributed by atoms with van der Waals surface area (Å²) in [7, 11) is 0. The van der Waals surface area contributed by atoms with Crippen LogP contribution in [0.1, 0.15) is 5.69 Å². The van der Waals surface area contributed by atoms with E-state index in [2.05, 4.69) is 10.2 Å². The SMILES string of the molecule is O=c1[nH][nH]c(C(F)(F)F)c1N=Nc1ccc([N+](=O)[O-])cc1. The second kappa shape index (κ2) is 5.19. The molecule has 0 atom stereocenters. The van der Waals surface area contributed by atoms with E-state index in [1.165, 1.54) is 12.1 Å². The maximum absolute atomic E-state index is 12.6. The van der Waals surface area contributed by atoms with Gasteiger partial charge in [-0.05, 0) is 12.1 Å². The van der Waals surface area contributed by atoms with Crippen LogP contribution in [0.4, 0.5) is 30.2 Å². The molecule has 0 saturated heterocycles. The molecular weight excluding hydrogens is 295 g/mol. The number of rotatable bonds is 3. The zero-order chi connectivity index (χ0) is 15.6. The van der Waals surface area contributed by atoms with Crippen LogP contribution in [0.25, 0.3) is 0 Å². The minimum atomic E-state index is -4.79. The molecule has 0 radical (unpaired) electrons. The highest BCUT2D eigenvalue weighted by molar-refractivity contribution is 5.45. The van der Waals surface area contributed by atoms with Crippen molar-refractivity contribution in [1.82, 2.24) is 10.2 Å². The second-order valence-electron chi connectivity index (χ2n) is 3.77. The van der Waals surface area contributed by atoms with Gasteiger partial charge in [-0.15, -0.1) is 5.11 Å². The average Bonchev–Trinajstić information content (AvgIpc) is 2.78. The number of aromatic amines is 2. The van der Waals surface area contributed by atoms with Gasteiger partial charge in [0.2, 0.25) is 0 Å². The van der Waals surface area contributed by atoms with Crippen LogP contribution in [-0.4, -0.2) is 15.1 Å². The third-order valence-corrected chi connectivity index (χ3v) is 2.36. The predicted molar refractivity (Wildman–Crippen MR) is 63.7 cm³/mol. The smallest absolute Gasteiger partial charge is 0.292 e. The first-order chi connectivity index (χ1) is 9.79. The largest absolute Gasteiger partial charge is 0.435 e. The van der Waals surface area contributed by atoms with Gasteiger partial charge >= 0.3 is 6.18 Å². The molecule has 0 aliphatic carbocycles. The van der Waals surface area contributed by atoms with Gasteiger partial charge in [-0.25, -0.2) is 0 Å². The number of hydrogen-bond donors (Lipinski definition) is 2. The summed E-state index contributed by atoms with van der Waals surface area (Å²) < 4.78 is 37.7. The molecule has 0 aliphatic heterocycles. The van der Waals surface area contributed by atoms with E-state index in [0.29, 0.717) is 0 Å². The van der Waals surface area contributed by atoms with Gasteiger partial charge in [0.1, 0.15) is 0 Å². The van der Waals surface area contributed by atoms with Crippen LogP contribution in [0.3, 0.4) is 0 Å². The van der Waals surface area contributed by atoms with Gasteiger partial charge in [-0.3, -0.25) is 25.1 Å². The molecule has 0 aliphatic rings. The molecule has 2 rings (SSSR count). The van der Waals surface area contributed by atoms with Crippen LogP contribution in [-0.2, 0) is 6.18 Å². The van der Waals surface area contributed by atoms with E-state index < -0.39 is 28.0 Å². The standard InChI is InChI=1S/C10H6F3N5O3/c11-10(12,13)8-7(9(19)17-16-8)15-14-5-1-3-6(4-2-5)18(20)21/h1-4H,(H2,16,17,19). The Morgan fingerprint density at radius 2 is 1.71 bits per heavy atom. The summed E-state index contributed by atoms with van der Waals surface area (Å²) >= 11 is 0. The van der Waals surface area contributed by atoms with Gasteiger partial charge in [0.15, 0.2) is 11.4 Å². The molecule has 0 amide bonds. The van der Waals surface area contributed by atoms with Crippen molar-refractivity contribution < 1.29 is 18.1 Å². The fourth-order valence-corrected chi connectivity index (χ4v) is 1.40. The van der Waals surface area contributed by atoms with Gasteiger partial charge in [-0.2, -0.15) is 18.3 Å². The summed E-state index contributed by atoms with van der Waals surface area (Å²) in [6.07, 6.45) is -4.79. The topological polar surface area (TPSA) is 117 Å². The summed E-state index contributed by atoms with van der Waals surface area (Å²) in [6, 6.07) is 4.60. The van der Waals surface area contributed by atoms with Crippen LogP contribution >= 0.6 is 0 Å². The number of H-pyrrole nitrogens is 2. The third-order valence-electron chi connectivity index (χ3n) is 2.36. The lowest BCUT2D eigenvalue weighted by Gasteiger charge is -2.02. The molecule has 21 heavy (non-hydrogen) atoms. The van der Waals surface area contributed by atoms with Crippen LogP contribution in [0.2, 0.25) is 0 Å². The van der Waals surface area contributed by atoms with Crippen molar-refractivity contribution >= 4 is 17.1 Å². The molecule has 1 heterocycles. The van der Waals surface area contributed by atoms with Crippen molar-refractivity contribution in [2.24, 2.45) is 10.2 Å². The molecule has 110 valence electrons. The molecule has 1 aromatic carbocycles. The molecule has 2 N–H and O–H groups in total. The predicted octanol–water partition coefficient (Wildman–Crippen LogP) is 3.05. The van der Waals surface area contributed by atoms with Gasteiger partial charge in [-0.1, -0.05) is 0 Å². The third kappa shape index (κ3) is 3.13. The van der Waals surface area contributed by atoms with E-state index in [1.807, 2.05) is 0 Å². The Balaban J connectivity index is 2.32. The normalized spacial score (nSPS) is 12.0. The Kier molecular flexibility index (Phi) is 3.56. The van der Waals surface area contributed by atoms with Gasteiger partial charge in [0.25, 0.3) is 11.2 Å². The van der Waals surface area contributed by atoms with E-state index >= 15 is 0 Å². The Hall–Kier alpha value is -2.98. The minimum absolute atomic E-state index is 0.0642. The molecule has 0 spiro atoms. The van der Waals surface area contributed by atoms with Crippen molar-refractivity contribution in [2.75, 3.05) is 0 Å². The molecule has 1 aromatic heterocycles. The fraction of sp³-hybridized carbons (Fsp3) is 0.100. The molecule has 2 aromatic rings. The maximum atomic E-state index is 12.6. The number of nitrogens with one attached hydrogen (secondary N) is 2. The van der Waals surface area contributed by atoms with E-state index in [0.717, 1.165) is 12.1 Å². The summed E-state index contributed by atoms with van der Waals surface area (Å²) in [4.78, 5) is 21.0. The number of azo groups is 1. The Labute approximate surface area is 113 Å². The number of nitro groups is 1. The monoisotopic (exact) mass is 301 g/mol. The van der Waals surface area contributed by atoms with Gasteiger partial charge < -0.3 is 0 Å². The highest BCUT2D eigenvalue weighted by atomic mass is 19.4. The summed E-state index contributed by atoms with van der Waals surface area (Å²) in [5.74, 6) is 0. The van der Waals surface area contributed by atoms with Crippen molar-refractivity contribution in [1.29, 1.82) is 0 Å². The fourth-order valence-electron chi connectivity index (χ4n) is 1.40. The van der Waals surface area contributed by atoms with Crippen LogP contribution < -0.4 is 5.56 Å². The Bertz CT molecular complexity index is 745. The molecule has 8 nitrogen and oxygen atoms in total. The van der Waals surface area contributed by atoms with E-state index in [-0.39, 0.29) is 11.4 Å². The first-order valence-corrected chi connectivity index (χ1v) is 5.33. The highest BCUT2D eigenvalue weighted by Gasteiger charge is 2.37. The van der Waals surface area contributed by atoms with Gasteiger partial charge in [0.05, 0.1) is 10.6 Å². The van der Waals surface area contributed by atoms with Crippen molar-refractivity contribution in [2.45, 2.75) is 6.18 Å². The summed E-state index contributed by atoms with van der Waals surface area (Å²) in [6.45, 7) is 0. The number of alkyl halides is 3. The number of nitro benzene ring substituents is 1. The molecule has 11 heteroatoms. The van der Waals surface area contributed by atoms with Crippen LogP contribution in [0.5, 0.6) is 0 Å². The Morgan fingerprint density at radius 1 is 1.10 bits per heavy atom. The average molecular weight is 301 g/mol. The lowest BCUT2D eigenvalue weighted by atomic mass is 10.3. The van der Waals surface area contributed by atoms with Crippen LogP contribution in [0.15, 0.2) is 39.3 Å². The number of benzene rings is 1. The molecule has 0 fully saturated rings. The van der Waals surface area contributed by atoms with E-state index in [1.54, 1.807) is 10.2 Å². The zero-order valence-electron chi connectivity index (χ0n) is 10.0.